The molecule has 208 valence electrons. The van der Waals surface area contributed by atoms with Gasteiger partial charge >= 0.3 is 5.97 Å². The first-order chi connectivity index (χ1) is 18.4. The van der Waals surface area contributed by atoms with E-state index in [1.165, 1.54) is 12.5 Å². The van der Waals surface area contributed by atoms with Crippen LogP contribution in [-0.2, 0) is 10.0 Å². The maximum atomic E-state index is 15.8. The topological polar surface area (TPSA) is 115 Å². The number of carboxylic acids is 1. The van der Waals surface area contributed by atoms with E-state index in [1.807, 2.05) is 0 Å². The predicted octanol–water partition coefficient (Wildman–Crippen LogP) is 6.59. The molecule has 1 aromatic heterocycles. The number of aromatic nitrogens is 1. The van der Waals surface area contributed by atoms with Crippen molar-refractivity contribution < 1.29 is 36.6 Å². The lowest BCUT2D eigenvalue weighted by atomic mass is 9.77. The van der Waals surface area contributed by atoms with Crippen LogP contribution in [0, 0.1) is 17.0 Å². The minimum absolute atomic E-state index is 0.0832. The fourth-order valence-electron chi connectivity index (χ4n) is 4.25. The molecule has 0 spiro atoms. The standard InChI is InChI=1S/C27H28F2N2O6S2/c1-5-37-24-16(15-8-10-27(2,3)11-9-15)6-7-17(23(24)29)25-30-22(14-38-25)39(34,35)31-20-13-19(28)18(26(32)33)12-21(20)36-4/h6-8,12-14,31H,5,9-11H2,1-4H3,(H,32,33). The Bertz CT molecular complexity index is 1560. The number of carboxylic acid groups (broad SMARTS) is 1. The molecule has 0 fully saturated rings. The van der Waals surface area contributed by atoms with E-state index in [2.05, 4.69) is 29.6 Å². The van der Waals surface area contributed by atoms with Gasteiger partial charge in [0.2, 0.25) is 0 Å². The maximum absolute atomic E-state index is 15.8. The van der Waals surface area contributed by atoms with Crippen LogP contribution in [0.3, 0.4) is 0 Å². The van der Waals surface area contributed by atoms with Crippen molar-refractivity contribution in [3.05, 3.63) is 58.5 Å². The molecule has 1 aliphatic rings. The van der Waals surface area contributed by atoms with E-state index in [4.69, 9.17) is 14.6 Å². The van der Waals surface area contributed by atoms with Crippen molar-refractivity contribution in [1.82, 2.24) is 4.98 Å². The molecule has 0 aliphatic heterocycles. The van der Waals surface area contributed by atoms with Gasteiger partial charge in [0.15, 0.2) is 16.6 Å². The summed E-state index contributed by atoms with van der Waals surface area (Å²) >= 11 is 0.918. The average Bonchev–Trinajstić information content (AvgIpc) is 3.36. The third-order valence-electron chi connectivity index (χ3n) is 6.46. The third-order valence-corrected chi connectivity index (χ3v) is 8.73. The number of aromatic carboxylic acids is 1. The van der Waals surface area contributed by atoms with Gasteiger partial charge in [-0.25, -0.2) is 18.6 Å². The van der Waals surface area contributed by atoms with Crippen LogP contribution in [0.2, 0.25) is 0 Å². The maximum Gasteiger partial charge on any atom is 0.338 e. The van der Waals surface area contributed by atoms with E-state index in [0.717, 1.165) is 42.2 Å². The second-order valence-electron chi connectivity index (χ2n) is 9.77. The Morgan fingerprint density at radius 1 is 1.23 bits per heavy atom. The largest absolute Gasteiger partial charge is 0.495 e. The average molecular weight is 579 g/mol. The molecule has 1 heterocycles. The SMILES string of the molecule is CCOc1c(C2=CCC(C)(C)CC2)ccc(-c2nc(S(=O)(=O)Nc3cc(F)c(C(=O)O)cc3OC)cs2)c1F. The number of carbonyl (C=O) groups is 1. The molecule has 0 amide bonds. The molecule has 8 nitrogen and oxygen atoms in total. The fourth-order valence-corrected chi connectivity index (χ4v) is 6.42. The van der Waals surface area contributed by atoms with Crippen LogP contribution in [-0.4, -0.2) is 38.2 Å². The van der Waals surface area contributed by atoms with Crippen molar-refractivity contribution >= 4 is 38.6 Å². The first-order valence-corrected chi connectivity index (χ1v) is 14.5. The van der Waals surface area contributed by atoms with Gasteiger partial charge in [0.05, 0.1) is 30.5 Å². The van der Waals surface area contributed by atoms with Crippen molar-refractivity contribution in [2.45, 2.75) is 45.1 Å². The number of allylic oxidation sites excluding steroid dienone is 2. The van der Waals surface area contributed by atoms with Gasteiger partial charge in [0.25, 0.3) is 10.0 Å². The van der Waals surface area contributed by atoms with Gasteiger partial charge in [-0.05, 0) is 49.3 Å². The van der Waals surface area contributed by atoms with Crippen LogP contribution < -0.4 is 14.2 Å². The number of rotatable bonds is 9. The highest BCUT2D eigenvalue weighted by Gasteiger charge is 2.27. The molecular formula is C27H28F2N2O6S2. The molecule has 0 saturated carbocycles. The zero-order valence-corrected chi connectivity index (χ0v) is 23.4. The Kier molecular flexibility index (Phi) is 7.99. The van der Waals surface area contributed by atoms with Crippen molar-refractivity contribution in [2.24, 2.45) is 5.41 Å². The lowest BCUT2D eigenvalue weighted by Crippen LogP contribution is -2.15. The number of thiazole rings is 1. The number of ether oxygens (including phenoxy) is 2. The molecule has 1 aliphatic carbocycles. The Labute approximate surface area is 229 Å². The number of hydrogen-bond donors (Lipinski definition) is 2. The smallest absolute Gasteiger partial charge is 0.338 e. The molecule has 0 saturated heterocycles. The quantitative estimate of drug-likeness (QED) is 0.294. The summed E-state index contributed by atoms with van der Waals surface area (Å²) in [6.45, 7) is 6.38. The second-order valence-corrected chi connectivity index (χ2v) is 12.3. The minimum atomic E-state index is -4.36. The molecule has 2 N–H and O–H groups in total. The van der Waals surface area contributed by atoms with Crippen LogP contribution in [0.15, 0.2) is 40.7 Å². The summed E-state index contributed by atoms with van der Waals surface area (Å²) in [6.07, 6.45) is 4.73. The summed E-state index contributed by atoms with van der Waals surface area (Å²) in [6, 6.07) is 4.90. The van der Waals surface area contributed by atoms with E-state index < -0.39 is 38.2 Å². The molecule has 12 heteroatoms. The van der Waals surface area contributed by atoms with E-state index >= 15 is 4.39 Å². The number of sulfonamides is 1. The van der Waals surface area contributed by atoms with Crippen LogP contribution in [0.5, 0.6) is 11.5 Å². The lowest BCUT2D eigenvalue weighted by Gasteiger charge is -2.29. The normalized spacial score (nSPS) is 15.0. The van der Waals surface area contributed by atoms with Crippen LogP contribution in [0.4, 0.5) is 14.5 Å². The highest BCUT2D eigenvalue weighted by atomic mass is 32.2. The van der Waals surface area contributed by atoms with Gasteiger partial charge in [-0.15, -0.1) is 11.3 Å². The first-order valence-electron chi connectivity index (χ1n) is 12.1. The third kappa shape index (κ3) is 5.91. The lowest BCUT2D eigenvalue weighted by molar-refractivity contribution is 0.0691. The summed E-state index contributed by atoms with van der Waals surface area (Å²) in [5, 5.41) is 10.0. The van der Waals surface area contributed by atoms with Gasteiger partial charge < -0.3 is 14.6 Å². The number of halogens is 2. The number of methoxy groups -OCH3 is 1. The summed E-state index contributed by atoms with van der Waals surface area (Å²) in [4.78, 5) is 15.3. The Balaban J connectivity index is 1.67. The van der Waals surface area contributed by atoms with Crippen LogP contribution in [0.1, 0.15) is 56.0 Å². The number of nitrogens with one attached hydrogen (secondary N) is 1. The zero-order chi connectivity index (χ0) is 28.5. The first kappa shape index (κ1) is 28.5. The molecular weight excluding hydrogens is 550 g/mol. The molecule has 39 heavy (non-hydrogen) atoms. The van der Waals surface area contributed by atoms with Crippen LogP contribution >= 0.6 is 11.3 Å². The Hall–Kier alpha value is -3.51. The van der Waals surface area contributed by atoms with Crippen molar-refractivity contribution in [2.75, 3.05) is 18.4 Å². The summed E-state index contributed by atoms with van der Waals surface area (Å²) in [5.41, 5.74) is 0.942. The number of nitrogens with zero attached hydrogens (tertiary/aromatic N) is 1. The molecule has 0 bridgehead atoms. The van der Waals surface area contributed by atoms with E-state index in [1.54, 1.807) is 19.1 Å². The van der Waals surface area contributed by atoms with Gasteiger partial charge in [-0.2, -0.15) is 8.42 Å². The Morgan fingerprint density at radius 2 is 1.95 bits per heavy atom. The monoisotopic (exact) mass is 578 g/mol. The predicted molar refractivity (Wildman–Crippen MR) is 145 cm³/mol. The molecule has 3 aromatic rings. The van der Waals surface area contributed by atoms with Crippen LogP contribution in [0.25, 0.3) is 16.1 Å². The van der Waals surface area contributed by atoms with E-state index in [-0.39, 0.29) is 39.8 Å². The molecule has 0 unspecified atom stereocenters. The van der Waals surface area contributed by atoms with Gasteiger partial charge in [-0.3, -0.25) is 4.72 Å². The molecule has 0 atom stereocenters. The van der Waals surface area contributed by atoms with E-state index in [9.17, 15) is 17.6 Å². The second kappa shape index (κ2) is 10.9. The minimum Gasteiger partial charge on any atom is -0.495 e. The van der Waals surface area contributed by atoms with Crippen molar-refractivity contribution in [3.8, 4) is 22.1 Å². The fraction of sp³-hybridized carbons (Fsp3) is 0.333. The zero-order valence-electron chi connectivity index (χ0n) is 21.8. The number of anilines is 1. The van der Waals surface area contributed by atoms with Crippen molar-refractivity contribution in [1.29, 1.82) is 0 Å². The number of hydrogen-bond acceptors (Lipinski definition) is 7. The number of benzene rings is 2. The highest BCUT2D eigenvalue weighted by molar-refractivity contribution is 7.92. The van der Waals surface area contributed by atoms with Gasteiger partial charge in [-0.1, -0.05) is 26.0 Å². The molecule has 0 radical (unpaired) electrons. The summed E-state index contributed by atoms with van der Waals surface area (Å²) in [5.74, 6) is -3.43. The van der Waals surface area contributed by atoms with Gasteiger partial charge in [0.1, 0.15) is 16.6 Å². The molecule has 4 rings (SSSR count). The Morgan fingerprint density at radius 3 is 2.56 bits per heavy atom. The van der Waals surface area contributed by atoms with Gasteiger partial charge in [0, 0.05) is 17.0 Å². The summed E-state index contributed by atoms with van der Waals surface area (Å²) < 4.78 is 68.9. The van der Waals surface area contributed by atoms with Crippen molar-refractivity contribution in [3.63, 3.8) is 0 Å². The van der Waals surface area contributed by atoms with E-state index in [0.29, 0.717) is 11.6 Å². The highest BCUT2D eigenvalue weighted by Crippen LogP contribution is 2.43. The molecule has 2 aromatic carbocycles. The summed E-state index contributed by atoms with van der Waals surface area (Å²) in [7, 11) is -3.18.